The zero-order chi connectivity index (χ0) is 8.67. The average molecular weight is 212 g/mol. The van der Waals surface area contributed by atoms with E-state index in [9.17, 15) is 0 Å². The molecule has 2 atom stereocenters. The lowest BCUT2D eigenvalue weighted by Crippen LogP contribution is -3.00. The van der Waals surface area contributed by atoms with Crippen molar-refractivity contribution in [3.8, 4) is 5.75 Å². The molecular formula is C11H14ClNO. The van der Waals surface area contributed by atoms with Crippen LogP contribution < -0.4 is 22.5 Å². The lowest BCUT2D eigenvalue weighted by atomic mass is 9.87. The first kappa shape index (κ1) is 9.81. The standard InChI is InChI=1S/C11H13NO.ClH/c1-2-4-11-9(3-1)10-6-12-5-8(10)7-13-11;/h1-4,8,10,12H,5-7H2;1H/t8-,10-;/m0./s1. The van der Waals surface area contributed by atoms with Crippen LogP contribution in [-0.4, -0.2) is 19.7 Å². The summed E-state index contributed by atoms with van der Waals surface area (Å²) >= 11 is 0. The summed E-state index contributed by atoms with van der Waals surface area (Å²) in [6, 6.07) is 8.47. The van der Waals surface area contributed by atoms with Crippen molar-refractivity contribution in [2.45, 2.75) is 5.92 Å². The summed E-state index contributed by atoms with van der Waals surface area (Å²) in [5, 5.41) is 2.40. The molecule has 0 bridgehead atoms. The van der Waals surface area contributed by atoms with Gasteiger partial charge in [-0.3, -0.25) is 0 Å². The molecule has 0 unspecified atom stereocenters. The number of rotatable bonds is 0. The van der Waals surface area contributed by atoms with Crippen molar-refractivity contribution in [1.82, 2.24) is 0 Å². The van der Waals surface area contributed by atoms with E-state index in [2.05, 4.69) is 29.6 Å². The topological polar surface area (TPSA) is 25.8 Å². The molecule has 76 valence electrons. The number of quaternary nitrogens is 1. The van der Waals surface area contributed by atoms with E-state index in [1.165, 1.54) is 18.7 Å². The Balaban J connectivity index is 0.000000750. The van der Waals surface area contributed by atoms with E-state index < -0.39 is 0 Å². The van der Waals surface area contributed by atoms with Crippen molar-refractivity contribution in [1.29, 1.82) is 0 Å². The summed E-state index contributed by atoms with van der Waals surface area (Å²) in [6.07, 6.45) is 0. The molecule has 3 heteroatoms. The molecule has 2 heterocycles. The molecule has 1 aromatic carbocycles. The molecule has 3 rings (SSSR count). The van der Waals surface area contributed by atoms with Crippen molar-refractivity contribution in [3.05, 3.63) is 29.8 Å². The fraction of sp³-hybridized carbons (Fsp3) is 0.455. The second-order valence-electron chi connectivity index (χ2n) is 3.98. The van der Waals surface area contributed by atoms with Crippen LogP contribution in [0.1, 0.15) is 11.5 Å². The molecular weight excluding hydrogens is 198 g/mol. The van der Waals surface area contributed by atoms with Crippen LogP contribution in [0.15, 0.2) is 24.3 Å². The molecule has 0 spiro atoms. The van der Waals surface area contributed by atoms with Gasteiger partial charge in [0.15, 0.2) is 0 Å². The number of halogens is 1. The summed E-state index contributed by atoms with van der Waals surface area (Å²) in [5.41, 5.74) is 1.42. The normalized spacial score (nSPS) is 28.3. The first-order valence-corrected chi connectivity index (χ1v) is 4.98. The second kappa shape index (κ2) is 3.79. The highest BCUT2D eigenvalue weighted by molar-refractivity contribution is 5.38. The van der Waals surface area contributed by atoms with Gasteiger partial charge in [-0.05, 0) is 6.07 Å². The molecule has 1 aromatic rings. The third-order valence-electron chi connectivity index (χ3n) is 3.23. The smallest absolute Gasteiger partial charge is 0.123 e. The average Bonchev–Trinajstić information content (AvgIpc) is 2.65. The van der Waals surface area contributed by atoms with Crippen LogP contribution in [0.4, 0.5) is 0 Å². The van der Waals surface area contributed by atoms with Crippen LogP contribution in [0.2, 0.25) is 0 Å². The predicted octanol–water partition coefficient (Wildman–Crippen LogP) is -2.64. The first-order valence-electron chi connectivity index (χ1n) is 4.98. The highest BCUT2D eigenvalue weighted by Crippen LogP contribution is 2.36. The van der Waals surface area contributed by atoms with Gasteiger partial charge in [-0.2, -0.15) is 0 Å². The zero-order valence-corrected chi connectivity index (χ0v) is 8.70. The SMILES string of the molecule is [Cl-].c1ccc2c(c1)OC[C@@H]1C[NH2+]C[C@H]21. The van der Waals surface area contributed by atoms with Crippen LogP contribution in [0.3, 0.4) is 0 Å². The molecule has 2 nitrogen and oxygen atoms in total. The lowest BCUT2D eigenvalue weighted by molar-refractivity contribution is -0.638. The molecule has 2 N–H and O–H groups in total. The van der Waals surface area contributed by atoms with E-state index in [0.29, 0.717) is 0 Å². The van der Waals surface area contributed by atoms with Gasteiger partial charge < -0.3 is 22.5 Å². The predicted molar refractivity (Wildman–Crippen MR) is 49.8 cm³/mol. The maximum atomic E-state index is 5.72. The minimum Gasteiger partial charge on any atom is -1.00 e. The number of fused-ring (bicyclic) bond motifs is 3. The van der Waals surface area contributed by atoms with Crippen LogP contribution in [-0.2, 0) is 0 Å². The molecule has 2 aliphatic rings. The van der Waals surface area contributed by atoms with Gasteiger partial charge in [0.2, 0.25) is 0 Å². The van der Waals surface area contributed by atoms with E-state index in [4.69, 9.17) is 4.74 Å². The van der Waals surface area contributed by atoms with Crippen molar-refractivity contribution < 1.29 is 22.5 Å². The first-order chi connectivity index (χ1) is 6.45. The summed E-state index contributed by atoms with van der Waals surface area (Å²) in [6.45, 7) is 3.39. The zero-order valence-electron chi connectivity index (χ0n) is 7.95. The second-order valence-corrected chi connectivity index (χ2v) is 3.98. The minimum absolute atomic E-state index is 0. The fourth-order valence-electron chi connectivity index (χ4n) is 2.53. The number of para-hydroxylation sites is 1. The van der Waals surface area contributed by atoms with E-state index in [1.54, 1.807) is 0 Å². The van der Waals surface area contributed by atoms with Gasteiger partial charge in [-0.25, -0.2) is 0 Å². The molecule has 0 amide bonds. The molecule has 14 heavy (non-hydrogen) atoms. The van der Waals surface area contributed by atoms with Gasteiger partial charge in [0.05, 0.1) is 25.6 Å². The third-order valence-corrected chi connectivity index (χ3v) is 3.23. The monoisotopic (exact) mass is 211 g/mol. The van der Waals surface area contributed by atoms with Crippen LogP contribution in [0.25, 0.3) is 0 Å². The summed E-state index contributed by atoms with van der Waals surface area (Å²) < 4.78 is 5.72. The van der Waals surface area contributed by atoms with Crippen molar-refractivity contribution in [2.24, 2.45) is 5.92 Å². The Morgan fingerprint density at radius 1 is 1.21 bits per heavy atom. The Bertz CT molecular complexity index is 329. The summed E-state index contributed by atoms with van der Waals surface area (Å²) in [7, 11) is 0. The maximum absolute atomic E-state index is 5.72. The van der Waals surface area contributed by atoms with E-state index in [0.717, 1.165) is 24.2 Å². The van der Waals surface area contributed by atoms with Crippen molar-refractivity contribution in [2.75, 3.05) is 19.7 Å². The van der Waals surface area contributed by atoms with Gasteiger partial charge in [0, 0.05) is 11.5 Å². The quantitative estimate of drug-likeness (QED) is 0.499. The highest BCUT2D eigenvalue weighted by Gasteiger charge is 2.37. The molecule has 2 aliphatic heterocycles. The summed E-state index contributed by atoms with van der Waals surface area (Å²) in [5.74, 6) is 2.60. The minimum atomic E-state index is 0. The Morgan fingerprint density at radius 2 is 2.07 bits per heavy atom. The lowest BCUT2D eigenvalue weighted by Gasteiger charge is -2.25. The van der Waals surface area contributed by atoms with E-state index in [-0.39, 0.29) is 12.4 Å². The van der Waals surface area contributed by atoms with Gasteiger partial charge in [-0.1, -0.05) is 18.2 Å². The molecule has 0 aliphatic carbocycles. The van der Waals surface area contributed by atoms with Crippen LogP contribution in [0.5, 0.6) is 5.75 Å². The van der Waals surface area contributed by atoms with Gasteiger partial charge in [-0.15, -0.1) is 0 Å². The van der Waals surface area contributed by atoms with Crippen LogP contribution >= 0.6 is 0 Å². The Hall–Kier alpha value is -0.730. The van der Waals surface area contributed by atoms with Crippen molar-refractivity contribution >= 4 is 0 Å². The Morgan fingerprint density at radius 3 is 3.00 bits per heavy atom. The van der Waals surface area contributed by atoms with Gasteiger partial charge >= 0.3 is 0 Å². The highest BCUT2D eigenvalue weighted by atomic mass is 35.5. The number of hydrogen-bond donors (Lipinski definition) is 1. The maximum Gasteiger partial charge on any atom is 0.123 e. The number of hydrogen-bond acceptors (Lipinski definition) is 1. The Kier molecular flexibility index (Phi) is 2.66. The molecule has 0 saturated carbocycles. The van der Waals surface area contributed by atoms with E-state index >= 15 is 0 Å². The Labute approximate surface area is 90.1 Å². The van der Waals surface area contributed by atoms with E-state index in [1.807, 2.05) is 0 Å². The van der Waals surface area contributed by atoms with Gasteiger partial charge in [0.25, 0.3) is 0 Å². The number of ether oxygens (including phenoxy) is 1. The van der Waals surface area contributed by atoms with Crippen LogP contribution in [0, 0.1) is 5.92 Å². The largest absolute Gasteiger partial charge is 1.00 e. The third kappa shape index (κ3) is 1.39. The van der Waals surface area contributed by atoms with Crippen molar-refractivity contribution in [3.63, 3.8) is 0 Å². The molecule has 0 radical (unpaired) electrons. The number of nitrogens with two attached hydrogens (primary N) is 1. The summed E-state index contributed by atoms with van der Waals surface area (Å²) in [4.78, 5) is 0. The molecule has 0 aromatic heterocycles. The van der Waals surface area contributed by atoms with Gasteiger partial charge in [0.1, 0.15) is 5.75 Å². The number of benzene rings is 1. The molecule has 1 fully saturated rings. The molecule has 1 saturated heterocycles. The fourth-order valence-corrected chi connectivity index (χ4v) is 2.53.